The van der Waals surface area contributed by atoms with Crippen molar-refractivity contribution in [3.8, 4) is 0 Å². The SMILES string of the molecule is CC(C)n1nnc(C(=O)c2ccc(Cl)cc2)c1N. The van der Waals surface area contributed by atoms with Gasteiger partial charge in [-0.25, -0.2) is 4.68 Å². The lowest BCUT2D eigenvalue weighted by Gasteiger charge is -2.06. The molecule has 0 spiro atoms. The fraction of sp³-hybridized carbons (Fsp3) is 0.250. The third kappa shape index (κ3) is 2.22. The van der Waals surface area contributed by atoms with Crippen LogP contribution < -0.4 is 5.73 Å². The molecule has 2 rings (SSSR count). The maximum Gasteiger partial charge on any atom is 0.217 e. The van der Waals surface area contributed by atoms with Gasteiger partial charge in [0.05, 0.1) is 6.04 Å². The molecule has 2 aromatic rings. The van der Waals surface area contributed by atoms with Crippen molar-refractivity contribution in [3.05, 3.63) is 40.5 Å². The predicted octanol–water partition coefficient (Wildman–Crippen LogP) is 2.33. The zero-order valence-electron chi connectivity index (χ0n) is 10.1. The van der Waals surface area contributed by atoms with Crippen LogP contribution in [0.5, 0.6) is 0 Å². The van der Waals surface area contributed by atoms with Crippen LogP contribution in [0.3, 0.4) is 0 Å². The first-order valence-corrected chi connectivity index (χ1v) is 5.89. The molecule has 18 heavy (non-hydrogen) atoms. The summed E-state index contributed by atoms with van der Waals surface area (Å²) in [7, 11) is 0. The fourth-order valence-electron chi connectivity index (χ4n) is 1.58. The maximum absolute atomic E-state index is 12.2. The van der Waals surface area contributed by atoms with E-state index in [0.29, 0.717) is 10.6 Å². The average molecular weight is 265 g/mol. The molecule has 0 atom stereocenters. The summed E-state index contributed by atoms with van der Waals surface area (Å²) in [5, 5.41) is 8.29. The standard InChI is InChI=1S/C12H13ClN4O/c1-7(2)17-12(14)10(15-16-17)11(18)8-3-5-9(13)6-4-8/h3-7H,14H2,1-2H3. The highest BCUT2D eigenvalue weighted by Crippen LogP contribution is 2.18. The van der Waals surface area contributed by atoms with Gasteiger partial charge >= 0.3 is 0 Å². The Morgan fingerprint density at radius 1 is 1.33 bits per heavy atom. The van der Waals surface area contributed by atoms with Gasteiger partial charge in [-0.2, -0.15) is 0 Å². The van der Waals surface area contributed by atoms with Gasteiger partial charge in [-0.05, 0) is 38.1 Å². The van der Waals surface area contributed by atoms with Gasteiger partial charge in [0.25, 0.3) is 0 Å². The van der Waals surface area contributed by atoms with E-state index < -0.39 is 0 Å². The predicted molar refractivity (Wildman–Crippen MR) is 69.7 cm³/mol. The molecule has 0 radical (unpaired) electrons. The van der Waals surface area contributed by atoms with Crippen LogP contribution >= 0.6 is 11.6 Å². The summed E-state index contributed by atoms with van der Waals surface area (Å²) in [5.41, 5.74) is 6.52. The number of hydrogen-bond acceptors (Lipinski definition) is 4. The monoisotopic (exact) mass is 264 g/mol. The van der Waals surface area contributed by atoms with E-state index in [9.17, 15) is 4.79 Å². The largest absolute Gasteiger partial charge is 0.382 e. The van der Waals surface area contributed by atoms with Gasteiger partial charge in [0.1, 0.15) is 0 Å². The van der Waals surface area contributed by atoms with Gasteiger partial charge in [0.2, 0.25) is 5.78 Å². The summed E-state index contributed by atoms with van der Waals surface area (Å²) in [6.45, 7) is 3.84. The van der Waals surface area contributed by atoms with Crippen LogP contribution in [0.4, 0.5) is 5.82 Å². The van der Waals surface area contributed by atoms with Crippen molar-refractivity contribution in [2.75, 3.05) is 5.73 Å². The number of benzene rings is 1. The van der Waals surface area contributed by atoms with Crippen LogP contribution in [0, 0.1) is 0 Å². The van der Waals surface area contributed by atoms with Crippen molar-refractivity contribution in [2.24, 2.45) is 0 Å². The van der Waals surface area contributed by atoms with Crippen molar-refractivity contribution in [2.45, 2.75) is 19.9 Å². The average Bonchev–Trinajstić information content (AvgIpc) is 2.71. The molecule has 0 bridgehead atoms. The highest BCUT2D eigenvalue weighted by Gasteiger charge is 2.19. The smallest absolute Gasteiger partial charge is 0.217 e. The maximum atomic E-state index is 12.2. The number of nitrogen functional groups attached to an aromatic ring is 1. The molecule has 1 aromatic heterocycles. The van der Waals surface area contributed by atoms with Crippen molar-refractivity contribution in [3.63, 3.8) is 0 Å². The second-order valence-electron chi connectivity index (χ2n) is 4.20. The molecule has 0 saturated heterocycles. The Hall–Kier alpha value is -1.88. The minimum Gasteiger partial charge on any atom is -0.382 e. The quantitative estimate of drug-likeness (QED) is 0.864. The molecule has 0 aliphatic rings. The summed E-state index contributed by atoms with van der Waals surface area (Å²) in [6, 6.07) is 6.64. The van der Waals surface area contributed by atoms with Crippen LogP contribution in [0.2, 0.25) is 5.02 Å². The first-order valence-electron chi connectivity index (χ1n) is 5.51. The molecule has 1 heterocycles. The molecular formula is C12H13ClN4O. The summed E-state index contributed by atoms with van der Waals surface area (Å²) in [4.78, 5) is 12.2. The zero-order valence-corrected chi connectivity index (χ0v) is 10.8. The van der Waals surface area contributed by atoms with Crippen molar-refractivity contribution in [1.82, 2.24) is 15.0 Å². The van der Waals surface area contributed by atoms with E-state index in [1.54, 1.807) is 24.3 Å². The molecule has 6 heteroatoms. The molecule has 2 N–H and O–H groups in total. The van der Waals surface area contributed by atoms with E-state index in [2.05, 4.69) is 10.3 Å². The normalized spacial score (nSPS) is 10.9. The van der Waals surface area contributed by atoms with E-state index in [1.165, 1.54) is 4.68 Å². The molecule has 5 nitrogen and oxygen atoms in total. The minimum atomic E-state index is -0.254. The third-order valence-electron chi connectivity index (χ3n) is 2.54. The molecular weight excluding hydrogens is 252 g/mol. The number of carbonyl (C=O) groups excluding carboxylic acids is 1. The van der Waals surface area contributed by atoms with Crippen LogP contribution in [0.15, 0.2) is 24.3 Å². The Labute approximate surface area is 110 Å². The minimum absolute atomic E-state index is 0.0595. The first-order chi connectivity index (χ1) is 8.50. The summed E-state index contributed by atoms with van der Waals surface area (Å²) in [5.74, 6) is 0.0287. The molecule has 0 saturated carbocycles. The van der Waals surface area contributed by atoms with Crippen LogP contribution in [0.1, 0.15) is 35.9 Å². The van der Waals surface area contributed by atoms with Crippen LogP contribution in [0.25, 0.3) is 0 Å². The van der Waals surface area contributed by atoms with Gasteiger partial charge in [-0.1, -0.05) is 16.8 Å². The lowest BCUT2D eigenvalue weighted by Crippen LogP contribution is -2.10. The van der Waals surface area contributed by atoms with Gasteiger partial charge in [0.15, 0.2) is 11.5 Å². The third-order valence-corrected chi connectivity index (χ3v) is 2.79. The highest BCUT2D eigenvalue weighted by molar-refractivity contribution is 6.30. The Bertz CT molecular complexity index is 574. The molecule has 0 amide bonds. The Balaban J connectivity index is 2.37. The Morgan fingerprint density at radius 3 is 2.44 bits per heavy atom. The number of nitrogens with zero attached hydrogens (tertiary/aromatic N) is 3. The lowest BCUT2D eigenvalue weighted by atomic mass is 10.1. The van der Waals surface area contributed by atoms with E-state index in [1.807, 2.05) is 13.8 Å². The number of halogens is 1. The van der Waals surface area contributed by atoms with E-state index in [-0.39, 0.29) is 23.3 Å². The number of carbonyl (C=O) groups is 1. The second kappa shape index (κ2) is 4.78. The summed E-state index contributed by atoms with van der Waals surface area (Å²) < 4.78 is 1.52. The van der Waals surface area contributed by atoms with Crippen molar-refractivity contribution in [1.29, 1.82) is 0 Å². The van der Waals surface area contributed by atoms with E-state index in [0.717, 1.165) is 0 Å². The van der Waals surface area contributed by atoms with Crippen LogP contribution in [-0.2, 0) is 0 Å². The van der Waals surface area contributed by atoms with Gasteiger partial charge in [-0.15, -0.1) is 5.10 Å². The fourth-order valence-corrected chi connectivity index (χ4v) is 1.71. The van der Waals surface area contributed by atoms with Gasteiger partial charge in [-0.3, -0.25) is 4.79 Å². The zero-order chi connectivity index (χ0) is 13.3. The molecule has 0 unspecified atom stereocenters. The summed E-state index contributed by atoms with van der Waals surface area (Å²) >= 11 is 5.77. The number of hydrogen-bond donors (Lipinski definition) is 1. The molecule has 0 aliphatic heterocycles. The molecule has 1 aromatic carbocycles. The molecule has 0 aliphatic carbocycles. The van der Waals surface area contributed by atoms with Gasteiger partial charge < -0.3 is 5.73 Å². The molecule has 0 fully saturated rings. The highest BCUT2D eigenvalue weighted by atomic mass is 35.5. The van der Waals surface area contributed by atoms with Crippen molar-refractivity contribution < 1.29 is 4.79 Å². The Morgan fingerprint density at radius 2 is 1.94 bits per heavy atom. The Kier molecular flexibility index (Phi) is 3.34. The number of anilines is 1. The number of ketones is 1. The van der Waals surface area contributed by atoms with Gasteiger partial charge in [0, 0.05) is 10.6 Å². The molecule has 94 valence electrons. The number of nitrogens with two attached hydrogens (primary N) is 1. The number of aromatic nitrogens is 3. The van der Waals surface area contributed by atoms with E-state index >= 15 is 0 Å². The van der Waals surface area contributed by atoms with Crippen molar-refractivity contribution >= 4 is 23.2 Å². The first kappa shape index (κ1) is 12.6. The van der Waals surface area contributed by atoms with Crippen LogP contribution in [-0.4, -0.2) is 20.8 Å². The summed E-state index contributed by atoms with van der Waals surface area (Å²) in [6.07, 6.45) is 0. The lowest BCUT2D eigenvalue weighted by molar-refractivity contribution is 0.103. The second-order valence-corrected chi connectivity index (χ2v) is 4.63. The van der Waals surface area contributed by atoms with E-state index in [4.69, 9.17) is 17.3 Å². The topological polar surface area (TPSA) is 73.8 Å². The number of rotatable bonds is 3.